The summed E-state index contributed by atoms with van der Waals surface area (Å²) in [6.45, 7) is 1.93. The van der Waals surface area contributed by atoms with Crippen LogP contribution in [-0.4, -0.2) is 38.9 Å². The van der Waals surface area contributed by atoms with E-state index in [-0.39, 0.29) is 22.1 Å². The number of aryl methyl sites for hydroxylation is 1. The molecule has 1 heterocycles. The number of nitrogens with two attached hydrogens (primary N) is 1. The molecule has 1 fully saturated rings. The standard InChI is InChI=1S/C12H16FN3O3S/c1-7-5-8(6-9(14)11(7)13)20(18,19)15-10-3-4-16(2)12(10)17/h5-6,10,15H,3-4,14H2,1-2H3. The molecule has 6 nitrogen and oxygen atoms in total. The molecule has 1 aliphatic rings. The molecule has 20 heavy (non-hydrogen) atoms. The van der Waals surface area contributed by atoms with Crippen molar-refractivity contribution in [1.29, 1.82) is 0 Å². The molecule has 1 aromatic rings. The second-order valence-corrected chi connectivity index (χ2v) is 6.58. The van der Waals surface area contributed by atoms with Gasteiger partial charge in [0.05, 0.1) is 10.6 Å². The summed E-state index contributed by atoms with van der Waals surface area (Å²) < 4.78 is 40.1. The van der Waals surface area contributed by atoms with Gasteiger partial charge in [0.1, 0.15) is 11.9 Å². The van der Waals surface area contributed by atoms with Crippen LogP contribution in [0.3, 0.4) is 0 Å². The van der Waals surface area contributed by atoms with Crippen molar-refractivity contribution >= 4 is 21.6 Å². The number of halogens is 1. The van der Waals surface area contributed by atoms with Gasteiger partial charge in [-0.3, -0.25) is 4.79 Å². The summed E-state index contributed by atoms with van der Waals surface area (Å²) in [5.41, 5.74) is 5.34. The summed E-state index contributed by atoms with van der Waals surface area (Å²) in [5, 5.41) is 0. The predicted molar refractivity (Wildman–Crippen MR) is 71.9 cm³/mol. The predicted octanol–water partition coefficient (Wildman–Crippen LogP) is 0.225. The van der Waals surface area contributed by atoms with Gasteiger partial charge in [-0.1, -0.05) is 0 Å². The summed E-state index contributed by atoms with van der Waals surface area (Å²) in [4.78, 5) is 13.0. The Morgan fingerprint density at radius 1 is 1.45 bits per heavy atom. The number of hydrogen-bond acceptors (Lipinski definition) is 4. The van der Waals surface area contributed by atoms with Crippen LogP contribution >= 0.6 is 0 Å². The van der Waals surface area contributed by atoms with Crippen molar-refractivity contribution in [2.75, 3.05) is 19.3 Å². The van der Waals surface area contributed by atoms with E-state index in [0.717, 1.165) is 6.07 Å². The molecule has 0 aromatic heterocycles. The minimum atomic E-state index is -3.91. The molecule has 1 atom stereocenters. The van der Waals surface area contributed by atoms with Crippen molar-refractivity contribution in [2.45, 2.75) is 24.3 Å². The molecule has 1 aliphatic heterocycles. The first-order valence-corrected chi connectivity index (χ1v) is 7.53. The van der Waals surface area contributed by atoms with E-state index in [1.165, 1.54) is 17.9 Å². The van der Waals surface area contributed by atoms with E-state index in [4.69, 9.17) is 5.73 Å². The Balaban J connectivity index is 2.30. The number of benzene rings is 1. The largest absolute Gasteiger partial charge is 0.396 e. The number of likely N-dealkylation sites (tertiary alicyclic amines) is 1. The molecule has 0 aliphatic carbocycles. The third-order valence-corrected chi connectivity index (χ3v) is 4.74. The van der Waals surface area contributed by atoms with Crippen LogP contribution in [0, 0.1) is 12.7 Å². The average molecular weight is 301 g/mol. The zero-order valence-electron chi connectivity index (χ0n) is 11.2. The maximum Gasteiger partial charge on any atom is 0.241 e. The second kappa shape index (κ2) is 5.02. The van der Waals surface area contributed by atoms with E-state index in [1.807, 2.05) is 0 Å². The van der Waals surface area contributed by atoms with Crippen LogP contribution in [-0.2, 0) is 14.8 Å². The quantitative estimate of drug-likeness (QED) is 0.781. The van der Waals surface area contributed by atoms with Gasteiger partial charge in [0.15, 0.2) is 0 Å². The molecular weight excluding hydrogens is 285 g/mol. The fourth-order valence-corrected chi connectivity index (χ4v) is 3.45. The van der Waals surface area contributed by atoms with Crippen molar-refractivity contribution in [3.8, 4) is 0 Å². The van der Waals surface area contributed by atoms with Crippen LogP contribution in [0.1, 0.15) is 12.0 Å². The lowest BCUT2D eigenvalue weighted by atomic mass is 10.2. The first-order chi connectivity index (χ1) is 9.22. The lowest BCUT2D eigenvalue weighted by Gasteiger charge is -2.13. The van der Waals surface area contributed by atoms with Gasteiger partial charge in [-0.2, -0.15) is 4.72 Å². The van der Waals surface area contributed by atoms with E-state index in [9.17, 15) is 17.6 Å². The van der Waals surface area contributed by atoms with Crippen molar-refractivity contribution in [3.05, 3.63) is 23.5 Å². The third-order valence-electron chi connectivity index (χ3n) is 3.29. The number of nitrogens with one attached hydrogen (secondary N) is 1. The summed E-state index contributed by atoms with van der Waals surface area (Å²) in [6.07, 6.45) is 0.407. The Morgan fingerprint density at radius 3 is 2.60 bits per heavy atom. The fraction of sp³-hybridized carbons (Fsp3) is 0.417. The van der Waals surface area contributed by atoms with E-state index in [2.05, 4.69) is 4.72 Å². The number of amides is 1. The SMILES string of the molecule is Cc1cc(S(=O)(=O)NC2CCN(C)C2=O)cc(N)c1F. The number of nitrogens with zero attached hydrogens (tertiary/aromatic N) is 1. The Hall–Kier alpha value is -1.67. The second-order valence-electron chi connectivity index (χ2n) is 4.87. The van der Waals surface area contributed by atoms with Gasteiger partial charge in [-0.05, 0) is 31.0 Å². The number of carbonyl (C=O) groups is 1. The van der Waals surface area contributed by atoms with Crippen molar-refractivity contribution < 1.29 is 17.6 Å². The van der Waals surface area contributed by atoms with E-state index < -0.39 is 21.9 Å². The molecule has 110 valence electrons. The first-order valence-electron chi connectivity index (χ1n) is 6.05. The van der Waals surface area contributed by atoms with Crippen LogP contribution < -0.4 is 10.5 Å². The van der Waals surface area contributed by atoms with Gasteiger partial charge >= 0.3 is 0 Å². The van der Waals surface area contributed by atoms with Gasteiger partial charge < -0.3 is 10.6 Å². The highest BCUT2D eigenvalue weighted by Crippen LogP contribution is 2.21. The zero-order valence-corrected chi connectivity index (χ0v) is 12.0. The monoisotopic (exact) mass is 301 g/mol. The summed E-state index contributed by atoms with van der Waals surface area (Å²) in [5.74, 6) is -0.916. The van der Waals surface area contributed by atoms with Crippen molar-refractivity contribution in [3.63, 3.8) is 0 Å². The summed E-state index contributed by atoms with van der Waals surface area (Å²) >= 11 is 0. The number of rotatable bonds is 3. The Bertz CT molecular complexity index is 637. The summed E-state index contributed by atoms with van der Waals surface area (Å²) in [7, 11) is -2.30. The molecule has 0 spiro atoms. The highest BCUT2D eigenvalue weighted by molar-refractivity contribution is 7.89. The van der Waals surface area contributed by atoms with E-state index in [0.29, 0.717) is 13.0 Å². The Morgan fingerprint density at radius 2 is 2.10 bits per heavy atom. The molecular formula is C12H16FN3O3S. The zero-order chi connectivity index (χ0) is 15.1. The molecule has 1 unspecified atom stereocenters. The highest BCUT2D eigenvalue weighted by atomic mass is 32.2. The van der Waals surface area contributed by atoms with E-state index >= 15 is 0 Å². The number of nitrogen functional groups attached to an aromatic ring is 1. The fourth-order valence-electron chi connectivity index (χ4n) is 2.10. The maximum atomic E-state index is 13.4. The third kappa shape index (κ3) is 2.61. The van der Waals surface area contributed by atoms with Crippen LogP contribution in [0.15, 0.2) is 17.0 Å². The van der Waals surface area contributed by atoms with Gasteiger partial charge in [0.25, 0.3) is 0 Å². The molecule has 0 radical (unpaired) electrons. The molecule has 1 saturated heterocycles. The van der Waals surface area contributed by atoms with Crippen LogP contribution in [0.25, 0.3) is 0 Å². The molecule has 2 rings (SSSR count). The van der Waals surface area contributed by atoms with Gasteiger partial charge in [-0.25, -0.2) is 12.8 Å². The van der Waals surface area contributed by atoms with Crippen LogP contribution in [0.2, 0.25) is 0 Å². The minimum absolute atomic E-state index is 0.139. The van der Waals surface area contributed by atoms with Crippen LogP contribution in [0.5, 0.6) is 0 Å². The lowest BCUT2D eigenvalue weighted by Crippen LogP contribution is -2.40. The maximum absolute atomic E-state index is 13.4. The van der Waals surface area contributed by atoms with Gasteiger partial charge in [-0.15, -0.1) is 0 Å². The number of carbonyl (C=O) groups excluding carboxylic acids is 1. The minimum Gasteiger partial charge on any atom is -0.396 e. The van der Waals surface area contributed by atoms with Crippen LogP contribution in [0.4, 0.5) is 10.1 Å². The molecule has 1 amide bonds. The number of likely N-dealkylation sites (N-methyl/N-ethyl adjacent to an activating group) is 1. The molecule has 8 heteroatoms. The Labute approximate surface area is 116 Å². The number of anilines is 1. The first kappa shape index (κ1) is 14.7. The van der Waals surface area contributed by atoms with E-state index in [1.54, 1.807) is 7.05 Å². The topological polar surface area (TPSA) is 92.5 Å². The molecule has 0 saturated carbocycles. The molecule has 3 N–H and O–H groups in total. The highest BCUT2D eigenvalue weighted by Gasteiger charge is 2.33. The molecule has 1 aromatic carbocycles. The average Bonchev–Trinajstić information content (AvgIpc) is 2.67. The smallest absolute Gasteiger partial charge is 0.241 e. The normalized spacial score (nSPS) is 19.6. The van der Waals surface area contributed by atoms with Gasteiger partial charge in [0, 0.05) is 13.6 Å². The van der Waals surface area contributed by atoms with Crippen molar-refractivity contribution in [1.82, 2.24) is 9.62 Å². The van der Waals surface area contributed by atoms with Gasteiger partial charge in [0.2, 0.25) is 15.9 Å². The van der Waals surface area contributed by atoms with Crippen molar-refractivity contribution in [2.24, 2.45) is 0 Å². The number of hydrogen-bond donors (Lipinski definition) is 2. The molecule has 0 bridgehead atoms. The Kier molecular flexibility index (Phi) is 3.70. The summed E-state index contributed by atoms with van der Waals surface area (Å²) in [6, 6.07) is 1.46. The lowest BCUT2D eigenvalue weighted by molar-refractivity contribution is -0.127. The number of sulfonamides is 1.